The first-order valence-electron chi connectivity index (χ1n) is 5.70. The average molecular weight is 290 g/mol. The van der Waals surface area contributed by atoms with Crippen molar-refractivity contribution in [1.29, 1.82) is 0 Å². The van der Waals surface area contributed by atoms with Crippen molar-refractivity contribution in [3.05, 3.63) is 29.8 Å². The average Bonchev–Trinajstić information content (AvgIpc) is 2.30. The third kappa shape index (κ3) is 2.55. The van der Waals surface area contributed by atoms with E-state index in [0.717, 1.165) is 37.2 Å². The molecule has 1 amide bonds. The highest BCUT2D eigenvalue weighted by Gasteiger charge is 2.37. The summed E-state index contributed by atoms with van der Waals surface area (Å²) in [7, 11) is 0. The number of piperidine rings is 1. The number of hydrogen-bond donors (Lipinski definition) is 3. The van der Waals surface area contributed by atoms with Crippen LogP contribution in [0, 0.1) is 0 Å². The number of amides is 1. The molecule has 1 fully saturated rings. The van der Waals surface area contributed by atoms with E-state index < -0.39 is 0 Å². The van der Waals surface area contributed by atoms with Gasteiger partial charge in [-0.15, -0.1) is 24.8 Å². The van der Waals surface area contributed by atoms with Gasteiger partial charge in [0.2, 0.25) is 0 Å². The van der Waals surface area contributed by atoms with Gasteiger partial charge in [-0.05, 0) is 25.2 Å². The molecule has 0 aromatic heterocycles. The van der Waals surface area contributed by atoms with Gasteiger partial charge in [0.1, 0.15) is 5.66 Å². The van der Waals surface area contributed by atoms with Crippen LogP contribution < -0.4 is 16.0 Å². The second-order valence-corrected chi connectivity index (χ2v) is 4.46. The van der Waals surface area contributed by atoms with Crippen molar-refractivity contribution in [2.24, 2.45) is 0 Å². The van der Waals surface area contributed by atoms with Gasteiger partial charge >= 0.3 is 0 Å². The fraction of sp³-hybridized carbons (Fsp3) is 0.417. The summed E-state index contributed by atoms with van der Waals surface area (Å²) in [5.74, 6) is 0.0382. The van der Waals surface area contributed by atoms with Crippen LogP contribution >= 0.6 is 24.8 Å². The molecular formula is C12H17Cl2N3O. The highest BCUT2D eigenvalue weighted by atomic mass is 35.5. The fourth-order valence-electron chi connectivity index (χ4n) is 2.47. The maximum Gasteiger partial charge on any atom is 0.255 e. The summed E-state index contributed by atoms with van der Waals surface area (Å²) in [6.45, 7) is 1.88. The summed E-state index contributed by atoms with van der Waals surface area (Å²) >= 11 is 0. The van der Waals surface area contributed by atoms with E-state index in [9.17, 15) is 4.79 Å². The molecule has 2 heterocycles. The van der Waals surface area contributed by atoms with E-state index in [2.05, 4.69) is 16.0 Å². The summed E-state index contributed by atoms with van der Waals surface area (Å²) in [5.41, 5.74) is 1.45. The van der Waals surface area contributed by atoms with Gasteiger partial charge in [0.25, 0.3) is 5.91 Å². The minimum atomic E-state index is -0.239. The Hall–Kier alpha value is -0.970. The number of rotatable bonds is 0. The molecule has 2 aliphatic heterocycles. The Morgan fingerprint density at radius 3 is 2.39 bits per heavy atom. The van der Waals surface area contributed by atoms with Crippen LogP contribution in [0.1, 0.15) is 23.2 Å². The quantitative estimate of drug-likeness (QED) is 0.682. The molecule has 3 rings (SSSR count). The predicted octanol–water partition coefficient (Wildman–Crippen LogP) is 1.77. The van der Waals surface area contributed by atoms with Crippen LogP contribution in [0.15, 0.2) is 24.3 Å². The molecule has 0 atom stereocenters. The SMILES string of the molecule is Cl.Cl.O=C1NC2(CCNCC2)Nc2ccccc21. The maximum atomic E-state index is 12.0. The van der Waals surface area contributed by atoms with Gasteiger partial charge in [-0.3, -0.25) is 4.79 Å². The monoisotopic (exact) mass is 289 g/mol. The van der Waals surface area contributed by atoms with Crippen molar-refractivity contribution < 1.29 is 4.79 Å². The van der Waals surface area contributed by atoms with Gasteiger partial charge in [-0.25, -0.2) is 0 Å². The summed E-state index contributed by atoms with van der Waals surface area (Å²) < 4.78 is 0. The molecule has 0 radical (unpaired) electrons. The van der Waals surface area contributed by atoms with Crippen LogP contribution in [0.2, 0.25) is 0 Å². The summed E-state index contributed by atoms with van der Waals surface area (Å²) in [5, 5.41) is 9.87. The number of nitrogens with one attached hydrogen (secondary N) is 3. The molecule has 18 heavy (non-hydrogen) atoms. The Balaban J connectivity index is 0.000000810. The Kier molecular flexibility index (Phi) is 4.85. The molecule has 0 unspecified atom stereocenters. The van der Waals surface area contributed by atoms with Crippen LogP contribution in [0.3, 0.4) is 0 Å². The lowest BCUT2D eigenvalue weighted by Gasteiger charge is -2.43. The Bertz CT molecular complexity index is 433. The number of para-hydroxylation sites is 1. The van der Waals surface area contributed by atoms with Crippen molar-refractivity contribution in [3.63, 3.8) is 0 Å². The van der Waals surface area contributed by atoms with E-state index in [-0.39, 0.29) is 36.4 Å². The zero-order valence-corrected chi connectivity index (χ0v) is 11.5. The molecule has 6 heteroatoms. The van der Waals surface area contributed by atoms with Crippen molar-refractivity contribution in [2.45, 2.75) is 18.5 Å². The lowest BCUT2D eigenvalue weighted by atomic mass is 9.93. The maximum absolute atomic E-state index is 12.0. The molecule has 0 saturated carbocycles. The second-order valence-electron chi connectivity index (χ2n) is 4.46. The number of carbonyl (C=O) groups is 1. The van der Waals surface area contributed by atoms with Gasteiger partial charge < -0.3 is 16.0 Å². The lowest BCUT2D eigenvalue weighted by molar-refractivity contribution is 0.0881. The lowest BCUT2D eigenvalue weighted by Crippen LogP contribution is -2.61. The van der Waals surface area contributed by atoms with E-state index in [1.807, 2.05) is 24.3 Å². The normalized spacial score (nSPS) is 19.7. The number of hydrogen-bond acceptors (Lipinski definition) is 3. The Morgan fingerprint density at radius 1 is 1.00 bits per heavy atom. The first-order chi connectivity index (χ1) is 7.79. The number of anilines is 1. The van der Waals surface area contributed by atoms with Gasteiger partial charge in [0.15, 0.2) is 0 Å². The molecule has 1 spiro atoms. The summed E-state index contributed by atoms with van der Waals surface area (Å²) in [6.07, 6.45) is 1.85. The summed E-state index contributed by atoms with van der Waals surface area (Å²) in [6, 6.07) is 7.67. The van der Waals surface area contributed by atoms with Crippen molar-refractivity contribution >= 4 is 36.4 Å². The van der Waals surface area contributed by atoms with E-state index in [1.54, 1.807) is 0 Å². The minimum absolute atomic E-state index is 0. The smallest absolute Gasteiger partial charge is 0.255 e. The number of halogens is 2. The van der Waals surface area contributed by atoms with Gasteiger partial charge in [-0.2, -0.15) is 0 Å². The second kappa shape index (κ2) is 5.78. The molecule has 100 valence electrons. The van der Waals surface area contributed by atoms with E-state index in [0.29, 0.717) is 0 Å². The molecule has 1 aromatic rings. The van der Waals surface area contributed by atoms with Crippen LogP contribution in [-0.2, 0) is 0 Å². The van der Waals surface area contributed by atoms with Gasteiger partial charge in [-0.1, -0.05) is 12.1 Å². The largest absolute Gasteiger partial charge is 0.362 e. The zero-order valence-electron chi connectivity index (χ0n) is 9.86. The van der Waals surface area contributed by atoms with Crippen molar-refractivity contribution in [3.8, 4) is 0 Å². The van der Waals surface area contributed by atoms with E-state index in [4.69, 9.17) is 0 Å². The molecular weight excluding hydrogens is 273 g/mol. The van der Waals surface area contributed by atoms with E-state index in [1.165, 1.54) is 0 Å². The van der Waals surface area contributed by atoms with Gasteiger partial charge in [0.05, 0.1) is 5.56 Å². The standard InChI is InChI=1S/C12H15N3O.2ClH/c16-11-9-3-1-2-4-10(9)14-12(15-11)5-7-13-8-6-12;;/h1-4,13-14H,5-8H2,(H,15,16);2*1H. The third-order valence-electron chi connectivity index (χ3n) is 3.36. The van der Waals surface area contributed by atoms with Crippen LogP contribution in [0.4, 0.5) is 5.69 Å². The molecule has 2 aliphatic rings. The van der Waals surface area contributed by atoms with Gasteiger partial charge in [0, 0.05) is 18.5 Å². The Labute approximate surface area is 119 Å². The fourth-order valence-corrected chi connectivity index (χ4v) is 2.47. The third-order valence-corrected chi connectivity index (χ3v) is 3.36. The molecule has 3 N–H and O–H groups in total. The van der Waals surface area contributed by atoms with Crippen LogP contribution in [0.25, 0.3) is 0 Å². The molecule has 0 aliphatic carbocycles. The highest BCUT2D eigenvalue weighted by molar-refractivity contribution is 6.02. The Morgan fingerprint density at radius 2 is 1.67 bits per heavy atom. The van der Waals surface area contributed by atoms with Crippen LogP contribution in [0.5, 0.6) is 0 Å². The van der Waals surface area contributed by atoms with Crippen molar-refractivity contribution in [1.82, 2.24) is 10.6 Å². The number of benzene rings is 1. The number of fused-ring (bicyclic) bond motifs is 1. The van der Waals surface area contributed by atoms with E-state index >= 15 is 0 Å². The molecule has 0 bridgehead atoms. The molecule has 1 aromatic carbocycles. The molecule has 4 nitrogen and oxygen atoms in total. The number of carbonyl (C=O) groups excluding carboxylic acids is 1. The first-order valence-corrected chi connectivity index (χ1v) is 5.70. The summed E-state index contributed by atoms with van der Waals surface area (Å²) in [4.78, 5) is 12.0. The topological polar surface area (TPSA) is 53.2 Å². The molecule has 1 saturated heterocycles. The minimum Gasteiger partial charge on any atom is -0.362 e. The first kappa shape index (κ1) is 15.1. The predicted molar refractivity (Wildman–Crippen MR) is 76.9 cm³/mol. The highest BCUT2D eigenvalue weighted by Crippen LogP contribution is 2.29. The van der Waals surface area contributed by atoms with Crippen molar-refractivity contribution in [2.75, 3.05) is 18.4 Å². The van der Waals surface area contributed by atoms with Crippen LogP contribution in [-0.4, -0.2) is 24.7 Å². The zero-order chi connectivity index (χ0) is 11.0.